The number of nitrogens with one attached hydrogen (secondary N) is 1. The predicted molar refractivity (Wildman–Crippen MR) is 148 cm³/mol. The number of urea groups is 1. The Morgan fingerprint density at radius 3 is 2.18 bits per heavy atom. The molecule has 5 rings (SSSR count). The zero-order valence-corrected chi connectivity index (χ0v) is 23.1. The molecule has 4 heterocycles. The first-order valence-corrected chi connectivity index (χ1v) is 14.3. The van der Waals surface area contributed by atoms with Gasteiger partial charge in [-0.3, -0.25) is 4.79 Å². The summed E-state index contributed by atoms with van der Waals surface area (Å²) in [5.41, 5.74) is 3.64. The first-order chi connectivity index (χ1) is 18.4. The van der Waals surface area contributed by atoms with E-state index >= 15 is 0 Å². The fraction of sp³-hybridized carbons (Fsp3) is 0.600. The third-order valence-electron chi connectivity index (χ3n) is 9.00. The molecule has 8 nitrogen and oxygen atoms in total. The van der Waals surface area contributed by atoms with Crippen molar-refractivity contribution in [2.24, 2.45) is 17.8 Å². The van der Waals surface area contributed by atoms with E-state index in [0.29, 0.717) is 35.8 Å². The standard InChI is InChI=1S/C30H42N6O2/c1-4-31-30(38)35-14-10-24(11-15-35)27(23-8-6-5-7-9-23)12-13-34-16-25-18-36(19-26(25)17-34)29(37)28-21(2)32-20-33-22(28)3/h5-9,20,24-27H,4,10-19H2,1-3H3,(H,31,38). The molecule has 3 atom stereocenters. The maximum absolute atomic E-state index is 13.3. The monoisotopic (exact) mass is 518 g/mol. The summed E-state index contributed by atoms with van der Waals surface area (Å²) in [7, 11) is 0. The highest BCUT2D eigenvalue weighted by atomic mass is 16.2. The maximum atomic E-state index is 13.3. The Balaban J connectivity index is 1.16. The van der Waals surface area contributed by atoms with Gasteiger partial charge in [-0.25, -0.2) is 14.8 Å². The summed E-state index contributed by atoms with van der Waals surface area (Å²) in [4.78, 5) is 40.7. The van der Waals surface area contributed by atoms with Crippen molar-refractivity contribution in [1.29, 1.82) is 0 Å². The Hall–Kier alpha value is -3.00. The fourth-order valence-corrected chi connectivity index (χ4v) is 6.96. The number of hydrogen-bond acceptors (Lipinski definition) is 5. The summed E-state index contributed by atoms with van der Waals surface area (Å²) in [5, 5.41) is 2.95. The number of aromatic nitrogens is 2. The van der Waals surface area contributed by atoms with E-state index in [9.17, 15) is 9.59 Å². The lowest BCUT2D eigenvalue weighted by Crippen LogP contribution is -2.45. The van der Waals surface area contributed by atoms with Crippen LogP contribution in [0.25, 0.3) is 0 Å². The van der Waals surface area contributed by atoms with E-state index < -0.39 is 0 Å². The third-order valence-corrected chi connectivity index (χ3v) is 9.00. The minimum Gasteiger partial charge on any atom is -0.338 e. The van der Waals surface area contributed by atoms with Crippen LogP contribution >= 0.6 is 0 Å². The van der Waals surface area contributed by atoms with Crippen molar-refractivity contribution in [2.75, 3.05) is 52.4 Å². The molecule has 3 fully saturated rings. The SMILES string of the molecule is CCNC(=O)N1CCC(C(CCN2CC3CN(C(=O)c4c(C)ncnc4C)CC3C2)c2ccccc2)CC1. The summed E-state index contributed by atoms with van der Waals surface area (Å²) in [5.74, 6) is 2.28. The highest BCUT2D eigenvalue weighted by Crippen LogP contribution is 2.37. The Kier molecular flexibility index (Phi) is 8.27. The number of fused-ring (bicyclic) bond motifs is 1. The van der Waals surface area contributed by atoms with Crippen molar-refractivity contribution in [3.63, 3.8) is 0 Å². The van der Waals surface area contributed by atoms with Gasteiger partial charge in [0.15, 0.2) is 0 Å². The molecule has 1 aromatic heterocycles. The number of carbonyl (C=O) groups excluding carboxylic acids is 2. The van der Waals surface area contributed by atoms with Crippen molar-refractivity contribution >= 4 is 11.9 Å². The lowest BCUT2D eigenvalue weighted by Gasteiger charge is -2.37. The van der Waals surface area contributed by atoms with Gasteiger partial charge < -0.3 is 20.0 Å². The number of nitrogens with zero attached hydrogens (tertiary/aromatic N) is 5. The van der Waals surface area contributed by atoms with E-state index in [1.165, 1.54) is 11.9 Å². The molecule has 0 saturated carbocycles. The average Bonchev–Trinajstić information content (AvgIpc) is 3.49. The predicted octanol–water partition coefficient (Wildman–Crippen LogP) is 3.71. The Morgan fingerprint density at radius 1 is 0.947 bits per heavy atom. The Labute approximate surface area is 226 Å². The number of carbonyl (C=O) groups is 2. The number of amides is 3. The summed E-state index contributed by atoms with van der Waals surface area (Å²) < 4.78 is 0. The summed E-state index contributed by atoms with van der Waals surface area (Å²) in [6.07, 6.45) is 4.78. The van der Waals surface area contributed by atoms with Crippen molar-refractivity contribution in [1.82, 2.24) is 30.0 Å². The number of benzene rings is 1. The second kappa shape index (κ2) is 11.8. The number of piperidine rings is 1. The van der Waals surface area contributed by atoms with Crippen LogP contribution in [-0.2, 0) is 0 Å². The number of likely N-dealkylation sites (tertiary alicyclic amines) is 3. The summed E-state index contributed by atoms with van der Waals surface area (Å²) in [6.45, 7) is 13.0. The topological polar surface area (TPSA) is 81.7 Å². The van der Waals surface area contributed by atoms with Crippen LogP contribution in [0.5, 0.6) is 0 Å². The molecular weight excluding hydrogens is 476 g/mol. The van der Waals surface area contributed by atoms with Gasteiger partial charge >= 0.3 is 6.03 Å². The molecule has 3 unspecified atom stereocenters. The van der Waals surface area contributed by atoms with Gasteiger partial charge in [0.25, 0.3) is 5.91 Å². The molecule has 3 saturated heterocycles. The highest BCUT2D eigenvalue weighted by molar-refractivity contribution is 5.96. The number of hydrogen-bond donors (Lipinski definition) is 1. The van der Waals surface area contributed by atoms with Crippen LogP contribution in [0.2, 0.25) is 0 Å². The molecule has 3 aliphatic rings. The second-order valence-corrected chi connectivity index (χ2v) is 11.4. The van der Waals surface area contributed by atoms with Crippen LogP contribution in [-0.4, -0.2) is 89.0 Å². The van der Waals surface area contributed by atoms with E-state index in [2.05, 4.69) is 50.5 Å². The minimum atomic E-state index is 0.0726. The zero-order chi connectivity index (χ0) is 26.6. The molecule has 0 radical (unpaired) electrons. The van der Waals surface area contributed by atoms with Crippen LogP contribution in [0.3, 0.4) is 0 Å². The van der Waals surface area contributed by atoms with E-state index in [0.717, 1.165) is 76.5 Å². The van der Waals surface area contributed by atoms with E-state index in [4.69, 9.17) is 0 Å². The van der Waals surface area contributed by atoms with E-state index in [1.807, 2.05) is 30.6 Å². The third kappa shape index (κ3) is 5.70. The highest BCUT2D eigenvalue weighted by Gasteiger charge is 2.42. The normalized spacial score (nSPS) is 22.9. The quantitative estimate of drug-likeness (QED) is 0.604. The Bertz CT molecular complexity index is 1080. The summed E-state index contributed by atoms with van der Waals surface area (Å²) in [6, 6.07) is 11.0. The van der Waals surface area contributed by atoms with Crippen molar-refractivity contribution in [2.45, 2.75) is 46.0 Å². The Morgan fingerprint density at radius 2 is 1.58 bits per heavy atom. The van der Waals surface area contributed by atoms with E-state index in [-0.39, 0.29) is 11.9 Å². The van der Waals surface area contributed by atoms with Crippen molar-refractivity contribution < 1.29 is 9.59 Å². The van der Waals surface area contributed by atoms with Gasteiger partial charge in [0, 0.05) is 45.8 Å². The molecule has 1 N–H and O–H groups in total. The van der Waals surface area contributed by atoms with Gasteiger partial charge in [-0.1, -0.05) is 30.3 Å². The molecule has 0 aliphatic carbocycles. The number of rotatable bonds is 7. The molecule has 38 heavy (non-hydrogen) atoms. The number of aryl methyl sites for hydroxylation is 2. The van der Waals surface area contributed by atoms with Gasteiger partial charge in [0.05, 0.1) is 17.0 Å². The first-order valence-electron chi connectivity index (χ1n) is 14.3. The van der Waals surface area contributed by atoms with Crippen molar-refractivity contribution in [3.8, 4) is 0 Å². The molecule has 0 bridgehead atoms. The molecule has 2 aromatic rings. The zero-order valence-electron chi connectivity index (χ0n) is 23.1. The van der Waals surface area contributed by atoms with Crippen LogP contribution in [0.4, 0.5) is 4.79 Å². The lowest BCUT2D eigenvalue weighted by atomic mass is 9.78. The summed E-state index contributed by atoms with van der Waals surface area (Å²) >= 11 is 0. The molecule has 3 amide bonds. The van der Waals surface area contributed by atoms with Crippen molar-refractivity contribution in [3.05, 3.63) is 59.2 Å². The van der Waals surface area contributed by atoms with Crippen LogP contribution in [0.1, 0.15) is 59.4 Å². The lowest BCUT2D eigenvalue weighted by molar-refractivity contribution is 0.0770. The van der Waals surface area contributed by atoms with Gasteiger partial charge in [-0.05, 0) is 75.8 Å². The fourth-order valence-electron chi connectivity index (χ4n) is 6.96. The first kappa shape index (κ1) is 26.6. The average molecular weight is 519 g/mol. The van der Waals surface area contributed by atoms with Gasteiger partial charge in [-0.15, -0.1) is 0 Å². The van der Waals surface area contributed by atoms with E-state index in [1.54, 1.807) is 0 Å². The largest absolute Gasteiger partial charge is 0.338 e. The molecule has 204 valence electrons. The van der Waals surface area contributed by atoms with Crippen LogP contribution in [0, 0.1) is 31.6 Å². The van der Waals surface area contributed by atoms with Gasteiger partial charge in [-0.2, -0.15) is 0 Å². The molecule has 0 spiro atoms. The van der Waals surface area contributed by atoms with Crippen LogP contribution < -0.4 is 5.32 Å². The molecular formula is C30H42N6O2. The minimum absolute atomic E-state index is 0.0726. The molecule has 8 heteroatoms. The van der Waals surface area contributed by atoms with Gasteiger partial charge in [0.2, 0.25) is 0 Å². The maximum Gasteiger partial charge on any atom is 0.317 e. The molecule has 3 aliphatic heterocycles. The molecule has 1 aromatic carbocycles. The second-order valence-electron chi connectivity index (χ2n) is 11.4. The smallest absolute Gasteiger partial charge is 0.317 e. The van der Waals surface area contributed by atoms with Crippen LogP contribution in [0.15, 0.2) is 36.7 Å². The van der Waals surface area contributed by atoms with Gasteiger partial charge in [0.1, 0.15) is 6.33 Å².